The van der Waals surface area contributed by atoms with Gasteiger partial charge in [0.2, 0.25) is 0 Å². The van der Waals surface area contributed by atoms with Crippen LogP contribution >= 0.6 is 0 Å². The van der Waals surface area contributed by atoms with E-state index in [1.54, 1.807) is 0 Å². The molecule has 3 aromatic carbocycles. The number of hydrogen-bond donors (Lipinski definition) is 3. The van der Waals surface area contributed by atoms with Crippen LogP contribution in [0.5, 0.6) is 11.5 Å². The molecule has 0 aliphatic heterocycles. The summed E-state index contributed by atoms with van der Waals surface area (Å²) in [5.74, 6) is 1.58. The first kappa shape index (κ1) is 24.3. The fraction of sp³-hybridized carbons (Fsp3) is 0.233. The Labute approximate surface area is 215 Å². The van der Waals surface area contributed by atoms with Crippen molar-refractivity contribution in [3.8, 4) is 22.9 Å². The minimum absolute atomic E-state index is 0.461. The van der Waals surface area contributed by atoms with Crippen molar-refractivity contribution in [2.24, 2.45) is 0 Å². The van der Waals surface area contributed by atoms with Crippen molar-refractivity contribution in [1.82, 2.24) is 20.2 Å². The summed E-state index contributed by atoms with van der Waals surface area (Å²) in [4.78, 5) is 19.6. The van der Waals surface area contributed by atoms with Crippen LogP contribution in [-0.2, 0) is 11.2 Å². The van der Waals surface area contributed by atoms with Crippen molar-refractivity contribution < 1.29 is 14.6 Å². The lowest BCUT2D eigenvalue weighted by atomic mass is 9.92. The predicted octanol–water partition coefficient (Wildman–Crippen LogP) is 7.08. The van der Waals surface area contributed by atoms with Crippen molar-refractivity contribution in [2.75, 3.05) is 0 Å². The highest BCUT2D eigenvalue weighted by Crippen LogP contribution is 2.28. The summed E-state index contributed by atoms with van der Waals surface area (Å²) >= 11 is 0. The van der Waals surface area contributed by atoms with Gasteiger partial charge in [0.05, 0.1) is 5.92 Å². The summed E-state index contributed by atoms with van der Waals surface area (Å²) in [5, 5.41) is 18.2. The van der Waals surface area contributed by atoms with Gasteiger partial charge in [-0.1, -0.05) is 62.6 Å². The first-order chi connectivity index (χ1) is 18.1. The Morgan fingerprint density at radius 2 is 1.84 bits per heavy atom. The number of carboxylic acid groups (broad SMARTS) is 1. The quantitative estimate of drug-likeness (QED) is 0.170. The molecule has 0 aliphatic carbocycles. The first-order valence-corrected chi connectivity index (χ1v) is 12.7. The van der Waals surface area contributed by atoms with Crippen LogP contribution in [0.1, 0.15) is 55.5 Å². The summed E-state index contributed by atoms with van der Waals surface area (Å²) in [5.41, 5.74) is 3.81. The van der Waals surface area contributed by atoms with E-state index in [4.69, 9.17) is 4.74 Å². The second-order valence-corrected chi connectivity index (χ2v) is 9.27. The monoisotopic (exact) mass is 494 g/mol. The van der Waals surface area contributed by atoms with Crippen LogP contribution in [0.3, 0.4) is 0 Å². The fourth-order valence-electron chi connectivity index (χ4n) is 4.53. The summed E-state index contributed by atoms with van der Waals surface area (Å²) < 4.78 is 6.08. The molecule has 0 spiro atoms. The summed E-state index contributed by atoms with van der Waals surface area (Å²) in [6.07, 6.45) is 6.20. The molecule has 7 heteroatoms. The van der Waals surface area contributed by atoms with Gasteiger partial charge in [-0.2, -0.15) is 5.10 Å². The van der Waals surface area contributed by atoms with Crippen LogP contribution in [0, 0.1) is 0 Å². The molecule has 7 nitrogen and oxygen atoms in total. The molecule has 1 atom stereocenters. The number of carbonyl (C=O) groups is 1. The maximum Gasteiger partial charge on any atom is 0.310 e. The molecule has 2 aromatic heterocycles. The Morgan fingerprint density at radius 3 is 2.65 bits per heavy atom. The molecule has 0 saturated heterocycles. The van der Waals surface area contributed by atoms with E-state index in [2.05, 4.69) is 27.1 Å². The normalized spacial score (nSPS) is 12.0. The van der Waals surface area contributed by atoms with Crippen molar-refractivity contribution in [3.05, 3.63) is 95.9 Å². The number of aromatic amines is 2. The molecule has 188 valence electrons. The number of nitrogens with one attached hydrogen (secondary N) is 2. The van der Waals surface area contributed by atoms with Gasteiger partial charge in [0.15, 0.2) is 5.82 Å². The second kappa shape index (κ2) is 11.1. The van der Waals surface area contributed by atoms with Crippen LogP contribution in [0.4, 0.5) is 0 Å². The number of benzene rings is 3. The Balaban J connectivity index is 1.25. The van der Waals surface area contributed by atoms with Gasteiger partial charge in [-0.25, -0.2) is 4.98 Å². The number of carboxylic acids is 1. The SMILES string of the molecule is CCCCCC(C(=O)O)c1ccc(Cc2nc(-c3cccc(Oc4ccc5[nH]ccc5c4)c3)n[nH]2)cc1. The van der Waals surface area contributed by atoms with E-state index in [9.17, 15) is 9.90 Å². The fourth-order valence-corrected chi connectivity index (χ4v) is 4.53. The lowest BCUT2D eigenvalue weighted by Gasteiger charge is -2.13. The molecule has 37 heavy (non-hydrogen) atoms. The summed E-state index contributed by atoms with van der Waals surface area (Å²) in [6.45, 7) is 2.12. The van der Waals surface area contributed by atoms with Crippen molar-refractivity contribution in [3.63, 3.8) is 0 Å². The number of ether oxygens (including phenoxy) is 1. The number of unbranched alkanes of at least 4 members (excludes halogenated alkanes) is 2. The van der Waals surface area contributed by atoms with Gasteiger partial charge < -0.3 is 14.8 Å². The molecule has 0 radical (unpaired) electrons. The first-order valence-electron chi connectivity index (χ1n) is 12.7. The standard InChI is InChI=1S/C30H30N4O3/c1-2-3-4-8-26(30(35)36)21-11-9-20(10-12-21)17-28-32-29(34-33-28)23-6-5-7-24(19-23)37-25-13-14-27-22(18-25)15-16-31-27/h5-7,9-16,18-19,26,31H,2-4,8,17H2,1H3,(H,35,36)(H,32,33,34). The third-order valence-corrected chi connectivity index (χ3v) is 6.53. The highest BCUT2D eigenvalue weighted by Gasteiger charge is 2.19. The Hall–Kier alpha value is -4.39. The molecular weight excluding hydrogens is 464 g/mol. The smallest absolute Gasteiger partial charge is 0.310 e. The number of aromatic nitrogens is 4. The Morgan fingerprint density at radius 1 is 1.00 bits per heavy atom. The number of rotatable bonds is 11. The lowest BCUT2D eigenvalue weighted by Crippen LogP contribution is -2.11. The van der Waals surface area contributed by atoms with Crippen LogP contribution in [0.15, 0.2) is 79.0 Å². The van der Waals surface area contributed by atoms with E-state index in [1.807, 2.05) is 79.0 Å². The molecule has 5 rings (SSSR count). The second-order valence-electron chi connectivity index (χ2n) is 9.27. The van der Waals surface area contributed by atoms with Gasteiger partial charge >= 0.3 is 5.97 Å². The van der Waals surface area contributed by atoms with Gasteiger partial charge in [-0.3, -0.25) is 9.89 Å². The summed E-state index contributed by atoms with van der Waals surface area (Å²) in [6, 6.07) is 23.4. The van der Waals surface area contributed by atoms with E-state index in [1.165, 1.54) is 0 Å². The molecule has 0 fully saturated rings. The maximum atomic E-state index is 11.7. The third-order valence-electron chi connectivity index (χ3n) is 6.53. The minimum atomic E-state index is -0.764. The molecule has 0 aliphatic rings. The molecule has 1 unspecified atom stereocenters. The van der Waals surface area contributed by atoms with E-state index in [-0.39, 0.29) is 0 Å². The Kier molecular flexibility index (Phi) is 7.31. The third kappa shape index (κ3) is 5.89. The van der Waals surface area contributed by atoms with Crippen LogP contribution < -0.4 is 4.74 Å². The van der Waals surface area contributed by atoms with Crippen LogP contribution in [0.2, 0.25) is 0 Å². The van der Waals surface area contributed by atoms with E-state index < -0.39 is 11.9 Å². The number of hydrogen-bond acceptors (Lipinski definition) is 4. The van der Waals surface area contributed by atoms with Gasteiger partial charge in [0, 0.05) is 29.1 Å². The topological polar surface area (TPSA) is 104 Å². The molecule has 2 heterocycles. The highest BCUT2D eigenvalue weighted by molar-refractivity contribution is 5.80. The van der Waals surface area contributed by atoms with Crippen molar-refractivity contribution in [1.29, 1.82) is 0 Å². The number of aliphatic carboxylic acids is 1. The number of nitrogens with zero attached hydrogens (tertiary/aromatic N) is 2. The maximum absolute atomic E-state index is 11.7. The molecule has 3 N–H and O–H groups in total. The molecule has 0 amide bonds. The van der Waals surface area contributed by atoms with Crippen LogP contribution in [0.25, 0.3) is 22.3 Å². The highest BCUT2D eigenvalue weighted by atomic mass is 16.5. The summed E-state index contributed by atoms with van der Waals surface area (Å²) in [7, 11) is 0. The zero-order valence-electron chi connectivity index (χ0n) is 20.8. The van der Waals surface area contributed by atoms with Gasteiger partial charge in [0.25, 0.3) is 0 Å². The average molecular weight is 495 g/mol. The largest absolute Gasteiger partial charge is 0.481 e. The van der Waals surface area contributed by atoms with Gasteiger partial charge in [0.1, 0.15) is 17.3 Å². The molecule has 0 bridgehead atoms. The van der Waals surface area contributed by atoms with Crippen molar-refractivity contribution in [2.45, 2.75) is 44.9 Å². The Bertz CT molecular complexity index is 1490. The zero-order chi connectivity index (χ0) is 25.6. The lowest BCUT2D eigenvalue weighted by molar-refractivity contribution is -0.139. The van der Waals surface area contributed by atoms with E-state index in [0.29, 0.717) is 24.4 Å². The minimum Gasteiger partial charge on any atom is -0.481 e. The van der Waals surface area contributed by atoms with Gasteiger partial charge in [-0.05, 0) is 53.9 Å². The number of H-pyrrole nitrogens is 2. The van der Waals surface area contributed by atoms with E-state index >= 15 is 0 Å². The predicted molar refractivity (Wildman–Crippen MR) is 144 cm³/mol. The zero-order valence-corrected chi connectivity index (χ0v) is 20.8. The van der Waals surface area contributed by atoms with E-state index in [0.717, 1.165) is 58.4 Å². The van der Waals surface area contributed by atoms with Gasteiger partial charge in [-0.15, -0.1) is 0 Å². The number of fused-ring (bicyclic) bond motifs is 1. The molecule has 5 aromatic rings. The molecular formula is C30H30N4O3. The van der Waals surface area contributed by atoms with Crippen molar-refractivity contribution >= 4 is 16.9 Å². The average Bonchev–Trinajstić information content (AvgIpc) is 3.57. The molecule has 0 saturated carbocycles. The van der Waals surface area contributed by atoms with Crippen LogP contribution in [-0.4, -0.2) is 31.2 Å².